The van der Waals surface area contributed by atoms with Crippen molar-refractivity contribution in [1.82, 2.24) is 0 Å². The Labute approximate surface area is 322 Å². The van der Waals surface area contributed by atoms with Gasteiger partial charge in [0.1, 0.15) is 0 Å². The molecule has 262 valence electrons. The summed E-state index contributed by atoms with van der Waals surface area (Å²) in [6.45, 7) is 28.4. The predicted molar refractivity (Wildman–Crippen MR) is 241 cm³/mol. The highest BCUT2D eigenvalue weighted by atomic mass is 32.1. The van der Waals surface area contributed by atoms with Gasteiger partial charge in [0.2, 0.25) is 0 Å². The van der Waals surface area contributed by atoms with Crippen molar-refractivity contribution in [2.45, 2.75) is 105 Å². The Hall–Kier alpha value is -3.28. The molecule has 0 aliphatic heterocycles. The number of thiophene rings is 4. The lowest BCUT2D eigenvalue weighted by Gasteiger charge is -2.19. The SMILES string of the molecule is CC(C)(C)c1cc2c3cc(C(C)(C)C)sc3c3c4cccc5c4c4c(cccc4c4c6sc(C(C)(C)C)cc6c6cc(C(C)(C)C)sc6c54)c3c2s1. The van der Waals surface area contributed by atoms with Crippen molar-refractivity contribution in [2.75, 3.05) is 0 Å². The quantitative estimate of drug-likeness (QED) is 0.107. The Morgan fingerprint density at radius 3 is 0.692 bits per heavy atom. The predicted octanol–water partition coefficient (Wildman–Crippen LogP) is 16.9. The first-order valence-corrected chi connectivity index (χ1v) is 21.9. The summed E-state index contributed by atoms with van der Waals surface area (Å²) in [5.74, 6) is 0. The van der Waals surface area contributed by atoms with Gasteiger partial charge >= 0.3 is 0 Å². The molecule has 52 heavy (non-hydrogen) atoms. The first-order chi connectivity index (χ1) is 24.3. The van der Waals surface area contributed by atoms with Crippen LogP contribution in [0.4, 0.5) is 0 Å². The normalized spacial score (nSPS) is 14.2. The van der Waals surface area contributed by atoms with Crippen LogP contribution in [-0.4, -0.2) is 0 Å². The van der Waals surface area contributed by atoms with Crippen molar-refractivity contribution in [2.24, 2.45) is 0 Å². The van der Waals surface area contributed by atoms with Gasteiger partial charge in [-0.05, 0) is 78.2 Å². The fraction of sp³-hybridized carbons (Fsp3) is 0.333. The molecule has 4 heterocycles. The zero-order chi connectivity index (χ0) is 36.6. The van der Waals surface area contributed by atoms with Crippen molar-refractivity contribution >= 4 is 140 Å². The zero-order valence-corrected chi connectivity index (χ0v) is 35.7. The molecule has 0 amide bonds. The molecule has 0 aliphatic carbocycles. The number of hydrogen-bond acceptors (Lipinski definition) is 4. The summed E-state index contributed by atoms with van der Waals surface area (Å²) >= 11 is 8.10. The third-order valence-electron chi connectivity index (χ3n) is 11.3. The Morgan fingerprint density at radius 2 is 0.500 bits per heavy atom. The van der Waals surface area contributed by atoms with Gasteiger partial charge in [0, 0.05) is 81.4 Å². The fourth-order valence-corrected chi connectivity index (χ4v) is 13.7. The first-order valence-electron chi connectivity index (χ1n) is 18.7. The molecule has 0 radical (unpaired) electrons. The molecule has 0 saturated carbocycles. The van der Waals surface area contributed by atoms with Crippen molar-refractivity contribution in [3.63, 3.8) is 0 Å². The van der Waals surface area contributed by atoms with Crippen molar-refractivity contribution in [3.8, 4) is 0 Å². The van der Waals surface area contributed by atoms with Crippen molar-refractivity contribution in [3.05, 3.63) is 80.2 Å². The lowest BCUT2D eigenvalue weighted by Crippen LogP contribution is -2.07. The zero-order valence-electron chi connectivity index (χ0n) is 32.4. The van der Waals surface area contributed by atoms with Gasteiger partial charge in [0.05, 0.1) is 0 Å². The van der Waals surface area contributed by atoms with E-state index < -0.39 is 0 Å². The Kier molecular flexibility index (Phi) is 6.58. The molecule has 10 rings (SSSR count). The van der Waals surface area contributed by atoms with Gasteiger partial charge in [-0.25, -0.2) is 0 Å². The fourth-order valence-electron chi connectivity index (χ4n) is 8.54. The van der Waals surface area contributed by atoms with Crippen LogP contribution in [0.15, 0.2) is 60.7 Å². The monoisotopic (exact) mass is 750 g/mol. The number of benzene rings is 6. The molecule has 0 atom stereocenters. The standard InChI is InChI=1S/C48H46S4/c1-45(2,3)31-19-27-28-20-32(46(4,5)6)50-42(28)38-24-16-14-18-26-36(24)35-23(37(38)41(27)49-31)15-13-17-25(35)39-40(26)44-30(22-34(52-44)48(10,11)12)29-21-33(47(7,8)9)51-43(29)39/h13-22H,1-12H3. The minimum absolute atomic E-state index is 0.0775. The van der Waals surface area contributed by atoms with Crippen molar-refractivity contribution < 1.29 is 0 Å². The van der Waals surface area contributed by atoms with E-state index >= 15 is 0 Å². The largest absolute Gasteiger partial charge is 0.139 e. The van der Waals surface area contributed by atoms with Gasteiger partial charge in [-0.1, -0.05) is 119 Å². The van der Waals surface area contributed by atoms with Crippen LogP contribution in [0.5, 0.6) is 0 Å². The Morgan fingerprint density at radius 1 is 0.288 bits per heavy atom. The van der Waals surface area contributed by atoms with Crippen LogP contribution >= 0.6 is 45.3 Å². The molecule has 10 aromatic rings. The summed E-state index contributed by atoms with van der Waals surface area (Å²) in [4.78, 5) is 5.83. The lowest BCUT2D eigenvalue weighted by atomic mass is 9.84. The van der Waals surface area contributed by atoms with Gasteiger partial charge in [-0.2, -0.15) is 0 Å². The summed E-state index contributed by atoms with van der Waals surface area (Å²) in [7, 11) is 0. The molecular weight excluding hydrogens is 705 g/mol. The smallest absolute Gasteiger partial charge is 0.0437 e. The van der Waals surface area contributed by atoms with E-state index in [4.69, 9.17) is 0 Å². The molecular formula is C48H46S4. The summed E-state index contributed by atoms with van der Waals surface area (Å²) < 4.78 is 5.78. The molecule has 0 nitrogen and oxygen atoms in total. The number of rotatable bonds is 0. The van der Waals surface area contributed by atoms with Gasteiger partial charge in [-0.3, -0.25) is 0 Å². The van der Waals surface area contributed by atoms with E-state index in [1.807, 2.05) is 45.3 Å². The van der Waals surface area contributed by atoms with E-state index in [-0.39, 0.29) is 21.7 Å². The molecule has 0 spiro atoms. The van der Waals surface area contributed by atoms with Crippen LogP contribution in [-0.2, 0) is 21.7 Å². The molecule has 0 aliphatic rings. The van der Waals surface area contributed by atoms with Crippen LogP contribution in [0.1, 0.15) is 103 Å². The number of fused-ring (bicyclic) bond motifs is 16. The molecule has 4 aromatic heterocycles. The second-order valence-electron chi connectivity index (χ2n) is 19.4. The average Bonchev–Trinajstić information content (AvgIpc) is 3.85. The summed E-state index contributed by atoms with van der Waals surface area (Å²) in [5, 5.41) is 20.0. The third-order valence-corrected chi connectivity index (χ3v) is 17.6. The highest BCUT2D eigenvalue weighted by Crippen LogP contribution is 2.56. The summed E-state index contributed by atoms with van der Waals surface area (Å²) in [5.41, 5.74) is 0.310. The van der Waals surface area contributed by atoms with Crippen LogP contribution < -0.4 is 0 Å². The van der Waals surface area contributed by atoms with E-state index in [0.717, 1.165) is 0 Å². The van der Waals surface area contributed by atoms with E-state index in [2.05, 4.69) is 144 Å². The van der Waals surface area contributed by atoms with Crippen LogP contribution in [0.25, 0.3) is 94.2 Å². The minimum Gasteiger partial charge on any atom is -0.139 e. The second kappa shape index (κ2) is 10.3. The molecule has 6 aromatic carbocycles. The Bertz CT molecular complexity index is 2720. The lowest BCUT2D eigenvalue weighted by molar-refractivity contribution is 0.604. The molecule has 4 heteroatoms. The van der Waals surface area contributed by atoms with E-state index in [1.54, 1.807) is 0 Å². The maximum atomic E-state index is 2.53. The van der Waals surface area contributed by atoms with Crippen molar-refractivity contribution in [1.29, 1.82) is 0 Å². The molecule has 0 N–H and O–H groups in total. The minimum atomic E-state index is 0.0775. The van der Waals surface area contributed by atoms with Gasteiger partial charge in [0.25, 0.3) is 0 Å². The second-order valence-corrected chi connectivity index (χ2v) is 23.6. The van der Waals surface area contributed by atoms with Gasteiger partial charge in [0.15, 0.2) is 0 Å². The number of hydrogen-bond donors (Lipinski definition) is 0. The summed E-state index contributed by atoms with van der Waals surface area (Å²) in [6.07, 6.45) is 0. The molecule has 0 unspecified atom stereocenters. The first kappa shape index (κ1) is 33.3. The highest BCUT2D eigenvalue weighted by Gasteiger charge is 2.30. The maximum Gasteiger partial charge on any atom is 0.0437 e. The van der Waals surface area contributed by atoms with E-state index in [9.17, 15) is 0 Å². The van der Waals surface area contributed by atoms with Crippen LogP contribution in [0, 0.1) is 0 Å². The topological polar surface area (TPSA) is 0 Å². The highest BCUT2D eigenvalue weighted by molar-refractivity contribution is 7.24. The maximum absolute atomic E-state index is 2.53. The molecule has 0 bridgehead atoms. The van der Waals surface area contributed by atoms with E-state index in [1.165, 1.54) is 114 Å². The van der Waals surface area contributed by atoms with Gasteiger partial charge < -0.3 is 0 Å². The molecule has 0 fully saturated rings. The molecule has 0 saturated heterocycles. The average molecular weight is 751 g/mol. The third kappa shape index (κ3) is 4.42. The summed E-state index contributed by atoms with van der Waals surface area (Å²) in [6, 6.07) is 24.6. The van der Waals surface area contributed by atoms with Gasteiger partial charge in [-0.15, -0.1) is 45.3 Å². The van der Waals surface area contributed by atoms with Crippen LogP contribution in [0.3, 0.4) is 0 Å². The van der Waals surface area contributed by atoms with Crippen LogP contribution in [0.2, 0.25) is 0 Å². The van der Waals surface area contributed by atoms with E-state index in [0.29, 0.717) is 0 Å². The Balaban J connectivity index is 1.54.